The molecule has 0 spiro atoms. The average Bonchev–Trinajstić information content (AvgIpc) is 2.72. The summed E-state index contributed by atoms with van der Waals surface area (Å²) in [5.41, 5.74) is 7.95. The number of methoxy groups -OCH3 is 1. The molecule has 1 fully saturated rings. The highest BCUT2D eigenvalue weighted by Crippen LogP contribution is 2.25. The number of nitrogen functional groups attached to an aromatic ring is 1. The van der Waals surface area contributed by atoms with Crippen LogP contribution in [-0.2, 0) is 14.6 Å². The van der Waals surface area contributed by atoms with Gasteiger partial charge in [0.2, 0.25) is 0 Å². The van der Waals surface area contributed by atoms with E-state index in [1.165, 1.54) is 7.11 Å². The summed E-state index contributed by atoms with van der Waals surface area (Å²) in [7, 11) is -1.65. The molecule has 1 aliphatic heterocycles. The van der Waals surface area contributed by atoms with Crippen molar-refractivity contribution in [3.63, 3.8) is 0 Å². The van der Waals surface area contributed by atoms with Gasteiger partial charge in [0.15, 0.2) is 9.84 Å². The maximum Gasteiger partial charge on any atom is 0.340 e. The van der Waals surface area contributed by atoms with Gasteiger partial charge in [-0.2, -0.15) is 0 Å². The Morgan fingerprint density at radius 2 is 2.15 bits per heavy atom. The lowest BCUT2D eigenvalue weighted by Gasteiger charge is -2.15. The molecular formula is C13H18N2O4S. The molecule has 110 valence electrons. The number of sulfone groups is 1. The van der Waals surface area contributed by atoms with E-state index < -0.39 is 15.8 Å². The van der Waals surface area contributed by atoms with Crippen LogP contribution in [-0.4, -0.2) is 39.0 Å². The van der Waals surface area contributed by atoms with Gasteiger partial charge in [-0.1, -0.05) is 0 Å². The monoisotopic (exact) mass is 298 g/mol. The van der Waals surface area contributed by atoms with E-state index in [1.54, 1.807) is 19.1 Å². The van der Waals surface area contributed by atoms with Crippen LogP contribution in [0.5, 0.6) is 0 Å². The zero-order valence-corrected chi connectivity index (χ0v) is 12.3. The SMILES string of the molecule is COC(=O)c1cc(NC2CCS(=O)(=O)C2)cc(C)c1N. The zero-order chi connectivity index (χ0) is 14.9. The number of rotatable bonds is 3. The summed E-state index contributed by atoms with van der Waals surface area (Å²) in [5, 5.41) is 3.14. The highest BCUT2D eigenvalue weighted by molar-refractivity contribution is 7.91. The van der Waals surface area contributed by atoms with E-state index in [0.29, 0.717) is 17.8 Å². The summed E-state index contributed by atoms with van der Waals surface area (Å²) >= 11 is 0. The number of carbonyl (C=O) groups excluding carboxylic acids is 1. The van der Waals surface area contributed by atoms with E-state index in [9.17, 15) is 13.2 Å². The van der Waals surface area contributed by atoms with Gasteiger partial charge in [-0.3, -0.25) is 0 Å². The minimum absolute atomic E-state index is 0.115. The largest absolute Gasteiger partial charge is 0.465 e. The van der Waals surface area contributed by atoms with Crippen LogP contribution in [0.15, 0.2) is 12.1 Å². The van der Waals surface area contributed by atoms with Crippen LogP contribution in [0.3, 0.4) is 0 Å². The zero-order valence-electron chi connectivity index (χ0n) is 11.5. The first kappa shape index (κ1) is 14.6. The van der Waals surface area contributed by atoms with E-state index in [4.69, 9.17) is 5.73 Å². The molecule has 0 aliphatic carbocycles. The molecule has 0 radical (unpaired) electrons. The van der Waals surface area contributed by atoms with Crippen LogP contribution in [0.25, 0.3) is 0 Å². The number of carbonyl (C=O) groups is 1. The molecule has 6 nitrogen and oxygen atoms in total. The summed E-state index contributed by atoms with van der Waals surface area (Å²) in [6, 6.07) is 3.26. The Morgan fingerprint density at radius 3 is 2.70 bits per heavy atom. The van der Waals surface area contributed by atoms with Crippen molar-refractivity contribution < 1.29 is 17.9 Å². The van der Waals surface area contributed by atoms with Crippen molar-refractivity contribution in [2.75, 3.05) is 29.7 Å². The fourth-order valence-electron chi connectivity index (χ4n) is 2.31. The summed E-state index contributed by atoms with van der Waals surface area (Å²) in [6.45, 7) is 1.79. The van der Waals surface area contributed by atoms with Gasteiger partial charge in [-0.05, 0) is 31.0 Å². The number of esters is 1. The molecule has 0 aromatic heterocycles. The van der Waals surface area contributed by atoms with Crippen LogP contribution in [0, 0.1) is 6.92 Å². The summed E-state index contributed by atoms with van der Waals surface area (Å²) in [5.74, 6) is -0.194. The maximum absolute atomic E-state index is 11.7. The van der Waals surface area contributed by atoms with Gasteiger partial charge in [0.05, 0.1) is 24.2 Å². The van der Waals surface area contributed by atoms with Gasteiger partial charge < -0.3 is 15.8 Å². The number of hydrogen-bond donors (Lipinski definition) is 2. The predicted molar refractivity (Wildman–Crippen MR) is 77.6 cm³/mol. The van der Waals surface area contributed by atoms with E-state index in [0.717, 1.165) is 5.56 Å². The van der Waals surface area contributed by atoms with Crippen molar-refractivity contribution in [3.8, 4) is 0 Å². The highest BCUT2D eigenvalue weighted by Gasteiger charge is 2.28. The van der Waals surface area contributed by atoms with Crippen molar-refractivity contribution >= 4 is 27.2 Å². The van der Waals surface area contributed by atoms with Crippen LogP contribution < -0.4 is 11.1 Å². The molecule has 1 aliphatic rings. The Hall–Kier alpha value is -1.76. The molecule has 0 bridgehead atoms. The van der Waals surface area contributed by atoms with Crippen LogP contribution >= 0.6 is 0 Å². The minimum Gasteiger partial charge on any atom is -0.465 e. The lowest BCUT2D eigenvalue weighted by molar-refractivity contribution is 0.0602. The second-order valence-corrected chi connectivity index (χ2v) is 7.22. The number of aryl methyl sites for hydroxylation is 1. The summed E-state index contributed by atoms with van der Waals surface area (Å²) in [4.78, 5) is 11.7. The van der Waals surface area contributed by atoms with Crippen LogP contribution in [0.1, 0.15) is 22.3 Å². The van der Waals surface area contributed by atoms with Crippen molar-refractivity contribution in [2.45, 2.75) is 19.4 Å². The molecule has 0 saturated carbocycles. The summed E-state index contributed by atoms with van der Waals surface area (Å²) < 4.78 is 27.6. The topological polar surface area (TPSA) is 98.5 Å². The van der Waals surface area contributed by atoms with Crippen LogP contribution in [0.4, 0.5) is 11.4 Å². The van der Waals surface area contributed by atoms with Gasteiger partial charge >= 0.3 is 5.97 Å². The van der Waals surface area contributed by atoms with E-state index in [-0.39, 0.29) is 23.1 Å². The van der Waals surface area contributed by atoms with Gasteiger partial charge in [0.1, 0.15) is 0 Å². The number of hydrogen-bond acceptors (Lipinski definition) is 6. The Labute approximate surface area is 118 Å². The van der Waals surface area contributed by atoms with Crippen LogP contribution in [0.2, 0.25) is 0 Å². The molecule has 1 heterocycles. The van der Waals surface area contributed by atoms with Crippen molar-refractivity contribution in [2.24, 2.45) is 0 Å². The second-order valence-electron chi connectivity index (χ2n) is 4.99. The third-order valence-corrected chi connectivity index (χ3v) is 5.16. The van der Waals surface area contributed by atoms with Crippen molar-refractivity contribution in [1.29, 1.82) is 0 Å². The lowest BCUT2D eigenvalue weighted by atomic mass is 10.1. The van der Waals surface area contributed by atoms with Gasteiger partial charge in [-0.25, -0.2) is 13.2 Å². The van der Waals surface area contributed by atoms with Crippen molar-refractivity contribution in [1.82, 2.24) is 0 Å². The first-order chi connectivity index (χ1) is 9.32. The molecular weight excluding hydrogens is 280 g/mol. The number of nitrogens with one attached hydrogen (secondary N) is 1. The second kappa shape index (κ2) is 5.32. The Morgan fingerprint density at radius 1 is 1.45 bits per heavy atom. The quantitative estimate of drug-likeness (QED) is 0.637. The first-order valence-electron chi connectivity index (χ1n) is 6.28. The third kappa shape index (κ3) is 3.04. The Kier molecular flexibility index (Phi) is 3.89. The van der Waals surface area contributed by atoms with E-state index >= 15 is 0 Å². The molecule has 20 heavy (non-hydrogen) atoms. The molecule has 1 unspecified atom stereocenters. The maximum atomic E-state index is 11.7. The fraction of sp³-hybridized carbons (Fsp3) is 0.462. The predicted octanol–water partition coefficient (Wildman–Crippen LogP) is 0.963. The van der Waals surface area contributed by atoms with Gasteiger partial charge in [0.25, 0.3) is 0 Å². The Balaban J connectivity index is 2.25. The molecule has 1 saturated heterocycles. The summed E-state index contributed by atoms with van der Waals surface area (Å²) in [6.07, 6.45) is 0.569. The average molecular weight is 298 g/mol. The number of ether oxygens (including phenoxy) is 1. The molecule has 1 atom stereocenters. The molecule has 3 N–H and O–H groups in total. The van der Waals surface area contributed by atoms with E-state index in [2.05, 4.69) is 10.1 Å². The van der Waals surface area contributed by atoms with Gasteiger partial charge in [-0.15, -0.1) is 0 Å². The molecule has 1 aromatic rings. The normalized spacial score (nSPS) is 20.6. The number of anilines is 2. The molecule has 2 rings (SSSR count). The molecule has 7 heteroatoms. The van der Waals surface area contributed by atoms with E-state index in [1.807, 2.05) is 0 Å². The first-order valence-corrected chi connectivity index (χ1v) is 8.10. The lowest BCUT2D eigenvalue weighted by Crippen LogP contribution is -2.21. The van der Waals surface area contributed by atoms with Crippen molar-refractivity contribution in [3.05, 3.63) is 23.3 Å². The standard InChI is InChI=1S/C13H18N2O4S/c1-8-5-10(6-11(12(8)14)13(16)19-2)15-9-3-4-20(17,18)7-9/h5-6,9,15H,3-4,7,14H2,1-2H3. The highest BCUT2D eigenvalue weighted by atomic mass is 32.2. The fourth-order valence-corrected chi connectivity index (χ4v) is 3.98. The molecule has 1 aromatic carbocycles. The Bertz CT molecular complexity index is 640. The smallest absolute Gasteiger partial charge is 0.340 e. The van der Waals surface area contributed by atoms with Gasteiger partial charge in [0, 0.05) is 17.4 Å². The number of nitrogens with two attached hydrogens (primary N) is 1. The minimum atomic E-state index is -2.94. The molecule has 0 amide bonds. The third-order valence-electron chi connectivity index (χ3n) is 3.40. The number of benzene rings is 1.